The van der Waals surface area contributed by atoms with E-state index in [1.165, 1.54) is 0 Å². The van der Waals surface area contributed by atoms with Gasteiger partial charge in [-0.05, 0) is 38.0 Å². The second kappa shape index (κ2) is 4.94. The molecule has 0 radical (unpaired) electrons. The number of carbonyl (C=O) groups excluding carboxylic acids is 1. The van der Waals surface area contributed by atoms with Crippen LogP contribution in [0.25, 0.3) is 0 Å². The fourth-order valence-corrected chi connectivity index (χ4v) is 1.40. The molecule has 1 aromatic carbocycles. The first-order valence-electron chi connectivity index (χ1n) is 5.13. The number of nitrogens with one attached hydrogen (secondary N) is 1. The molecule has 1 amide bonds. The van der Waals surface area contributed by atoms with Gasteiger partial charge in [0.05, 0.1) is 6.10 Å². The number of hydrogen-bond acceptors (Lipinski definition) is 2. The molecule has 0 fully saturated rings. The summed E-state index contributed by atoms with van der Waals surface area (Å²) in [4.78, 5) is 11.6. The standard InChI is InChI=1S/C12H17NO2/c1-4-13-12(15)11-7-10(9(3)14)6-5-8(11)2/h5-7,9,14H,4H2,1-3H3,(H,13,15). The molecule has 0 bridgehead atoms. The molecule has 0 aliphatic rings. The average molecular weight is 207 g/mol. The topological polar surface area (TPSA) is 49.3 Å². The maximum atomic E-state index is 11.6. The smallest absolute Gasteiger partial charge is 0.251 e. The minimum Gasteiger partial charge on any atom is -0.389 e. The summed E-state index contributed by atoms with van der Waals surface area (Å²) in [6, 6.07) is 5.43. The highest BCUT2D eigenvalue weighted by atomic mass is 16.3. The van der Waals surface area contributed by atoms with E-state index in [4.69, 9.17) is 0 Å². The Morgan fingerprint density at radius 3 is 2.73 bits per heavy atom. The molecule has 0 saturated carbocycles. The molecule has 1 aromatic rings. The highest BCUT2D eigenvalue weighted by Gasteiger charge is 2.10. The summed E-state index contributed by atoms with van der Waals surface area (Å²) in [5.74, 6) is -0.0856. The second-order valence-electron chi connectivity index (χ2n) is 3.61. The van der Waals surface area contributed by atoms with Gasteiger partial charge in [0.2, 0.25) is 0 Å². The summed E-state index contributed by atoms with van der Waals surface area (Å²) in [5.41, 5.74) is 2.32. The Morgan fingerprint density at radius 2 is 2.20 bits per heavy atom. The number of carbonyl (C=O) groups is 1. The zero-order chi connectivity index (χ0) is 11.4. The first-order chi connectivity index (χ1) is 7.06. The molecule has 3 nitrogen and oxygen atoms in total. The van der Waals surface area contributed by atoms with Crippen LogP contribution >= 0.6 is 0 Å². The van der Waals surface area contributed by atoms with Crippen molar-refractivity contribution in [3.63, 3.8) is 0 Å². The molecule has 0 saturated heterocycles. The number of aliphatic hydroxyl groups excluding tert-OH is 1. The fourth-order valence-electron chi connectivity index (χ4n) is 1.40. The summed E-state index contributed by atoms with van der Waals surface area (Å²) >= 11 is 0. The van der Waals surface area contributed by atoms with Gasteiger partial charge in [0.15, 0.2) is 0 Å². The van der Waals surface area contributed by atoms with Gasteiger partial charge in [-0.3, -0.25) is 4.79 Å². The van der Waals surface area contributed by atoms with Crippen molar-refractivity contribution < 1.29 is 9.90 Å². The number of rotatable bonds is 3. The van der Waals surface area contributed by atoms with E-state index in [1.54, 1.807) is 13.0 Å². The molecule has 1 unspecified atom stereocenters. The molecule has 0 aliphatic carbocycles. The zero-order valence-electron chi connectivity index (χ0n) is 9.37. The third kappa shape index (κ3) is 2.80. The fraction of sp³-hybridized carbons (Fsp3) is 0.417. The molecule has 0 aromatic heterocycles. The van der Waals surface area contributed by atoms with Crippen molar-refractivity contribution in [3.05, 3.63) is 34.9 Å². The van der Waals surface area contributed by atoms with Gasteiger partial charge in [-0.25, -0.2) is 0 Å². The number of aliphatic hydroxyl groups is 1. The Bertz CT molecular complexity index is 359. The van der Waals surface area contributed by atoms with Crippen LogP contribution in [0.2, 0.25) is 0 Å². The lowest BCUT2D eigenvalue weighted by atomic mass is 10.0. The minimum atomic E-state index is -0.543. The number of benzene rings is 1. The van der Waals surface area contributed by atoms with E-state index in [-0.39, 0.29) is 5.91 Å². The van der Waals surface area contributed by atoms with Gasteiger partial charge < -0.3 is 10.4 Å². The van der Waals surface area contributed by atoms with E-state index >= 15 is 0 Å². The van der Waals surface area contributed by atoms with E-state index in [9.17, 15) is 9.90 Å². The van der Waals surface area contributed by atoms with Gasteiger partial charge >= 0.3 is 0 Å². The van der Waals surface area contributed by atoms with Crippen LogP contribution in [0.15, 0.2) is 18.2 Å². The lowest BCUT2D eigenvalue weighted by Gasteiger charge is -2.10. The van der Waals surface area contributed by atoms with E-state index in [2.05, 4.69) is 5.32 Å². The number of amides is 1. The molecule has 82 valence electrons. The molecule has 0 aliphatic heterocycles. The molecular weight excluding hydrogens is 190 g/mol. The van der Waals surface area contributed by atoms with Crippen molar-refractivity contribution in [3.8, 4) is 0 Å². The van der Waals surface area contributed by atoms with Crippen molar-refractivity contribution in [1.29, 1.82) is 0 Å². The predicted octanol–water partition coefficient (Wildman–Crippen LogP) is 1.80. The van der Waals surface area contributed by atoms with Crippen LogP contribution < -0.4 is 5.32 Å². The van der Waals surface area contributed by atoms with Crippen molar-refractivity contribution in [2.24, 2.45) is 0 Å². The van der Waals surface area contributed by atoms with E-state index < -0.39 is 6.10 Å². The molecular formula is C12H17NO2. The molecule has 2 N–H and O–H groups in total. The summed E-state index contributed by atoms with van der Waals surface area (Å²) in [5, 5.41) is 12.2. The van der Waals surface area contributed by atoms with E-state index in [1.807, 2.05) is 26.0 Å². The Hall–Kier alpha value is -1.35. The van der Waals surface area contributed by atoms with Gasteiger partial charge in [0.1, 0.15) is 0 Å². The van der Waals surface area contributed by atoms with Crippen molar-refractivity contribution in [2.45, 2.75) is 26.9 Å². The molecule has 3 heteroatoms. The summed E-state index contributed by atoms with van der Waals surface area (Å²) in [6.45, 7) is 6.06. The van der Waals surface area contributed by atoms with E-state index in [0.717, 1.165) is 11.1 Å². The van der Waals surface area contributed by atoms with E-state index in [0.29, 0.717) is 12.1 Å². The van der Waals surface area contributed by atoms with Crippen molar-refractivity contribution in [2.75, 3.05) is 6.54 Å². The lowest BCUT2D eigenvalue weighted by molar-refractivity contribution is 0.0955. The van der Waals surface area contributed by atoms with Gasteiger partial charge in [-0.2, -0.15) is 0 Å². The highest BCUT2D eigenvalue weighted by molar-refractivity contribution is 5.95. The van der Waals surface area contributed by atoms with Gasteiger partial charge in [0, 0.05) is 12.1 Å². The summed E-state index contributed by atoms with van der Waals surface area (Å²) < 4.78 is 0. The first-order valence-corrected chi connectivity index (χ1v) is 5.13. The largest absolute Gasteiger partial charge is 0.389 e. The second-order valence-corrected chi connectivity index (χ2v) is 3.61. The molecule has 0 spiro atoms. The predicted molar refractivity (Wildman–Crippen MR) is 59.8 cm³/mol. The average Bonchev–Trinajstić information content (AvgIpc) is 2.18. The SMILES string of the molecule is CCNC(=O)c1cc(C(C)O)ccc1C. The maximum absolute atomic E-state index is 11.6. The normalized spacial score (nSPS) is 12.3. The molecule has 15 heavy (non-hydrogen) atoms. The minimum absolute atomic E-state index is 0.0856. The molecule has 1 rings (SSSR count). The van der Waals surface area contributed by atoms with Crippen LogP contribution in [0, 0.1) is 6.92 Å². The summed E-state index contributed by atoms with van der Waals surface area (Å²) in [7, 11) is 0. The summed E-state index contributed by atoms with van der Waals surface area (Å²) in [6.07, 6.45) is -0.543. The van der Waals surface area contributed by atoms with Crippen LogP contribution in [-0.4, -0.2) is 17.6 Å². The Morgan fingerprint density at radius 1 is 1.53 bits per heavy atom. The maximum Gasteiger partial charge on any atom is 0.251 e. The van der Waals surface area contributed by atoms with Gasteiger partial charge in [-0.1, -0.05) is 12.1 Å². The quantitative estimate of drug-likeness (QED) is 0.794. The molecule has 0 heterocycles. The zero-order valence-corrected chi connectivity index (χ0v) is 9.37. The number of aryl methyl sites for hydroxylation is 1. The van der Waals surface area contributed by atoms with Gasteiger partial charge in [-0.15, -0.1) is 0 Å². The van der Waals surface area contributed by atoms with Gasteiger partial charge in [0.25, 0.3) is 5.91 Å². The van der Waals surface area contributed by atoms with Crippen molar-refractivity contribution >= 4 is 5.91 Å². The third-order valence-corrected chi connectivity index (χ3v) is 2.33. The first kappa shape index (κ1) is 11.7. The van der Waals surface area contributed by atoms with Crippen LogP contribution in [0.3, 0.4) is 0 Å². The van der Waals surface area contributed by atoms with Crippen LogP contribution in [-0.2, 0) is 0 Å². The highest BCUT2D eigenvalue weighted by Crippen LogP contribution is 2.17. The molecule has 1 atom stereocenters. The third-order valence-electron chi connectivity index (χ3n) is 2.33. The van der Waals surface area contributed by atoms with Crippen molar-refractivity contribution in [1.82, 2.24) is 5.32 Å². The Labute approximate surface area is 90.1 Å². The Kier molecular flexibility index (Phi) is 3.86. The number of hydrogen-bond donors (Lipinski definition) is 2. The lowest BCUT2D eigenvalue weighted by Crippen LogP contribution is -2.23. The van der Waals surface area contributed by atoms with Crippen LogP contribution in [0.1, 0.15) is 41.4 Å². The Balaban J connectivity index is 3.05. The monoisotopic (exact) mass is 207 g/mol. The van der Waals surface area contributed by atoms with Crippen LogP contribution in [0.5, 0.6) is 0 Å². The van der Waals surface area contributed by atoms with Crippen LogP contribution in [0.4, 0.5) is 0 Å².